The van der Waals surface area contributed by atoms with E-state index >= 15 is 0 Å². The van der Waals surface area contributed by atoms with Crippen molar-refractivity contribution in [3.8, 4) is 0 Å². The highest BCUT2D eigenvalue weighted by atomic mass is 79.9. The first kappa shape index (κ1) is 15.9. The number of hydrogen-bond donors (Lipinski definition) is 2. The summed E-state index contributed by atoms with van der Waals surface area (Å²) in [4.78, 5) is 13.1. The van der Waals surface area contributed by atoms with Gasteiger partial charge in [0.05, 0.1) is 16.8 Å². The molecule has 2 rings (SSSR count). The van der Waals surface area contributed by atoms with Gasteiger partial charge in [0.15, 0.2) is 0 Å². The van der Waals surface area contributed by atoms with E-state index in [0.29, 0.717) is 19.6 Å². The lowest BCUT2D eigenvalue weighted by molar-refractivity contribution is -0.121. The molecule has 2 N–H and O–H groups in total. The molecule has 0 saturated carbocycles. The average molecular weight is 361 g/mol. The molecule has 1 aliphatic rings. The van der Waals surface area contributed by atoms with E-state index in [-0.39, 0.29) is 11.3 Å². The summed E-state index contributed by atoms with van der Waals surface area (Å²) in [6.07, 6.45) is 2.55. The molecule has 20 heavy (non-hydrogen) atoms. The molecule has 1 saturated heterocycles. The maximum absolute atomic E-state index is 12.0. The summed E-state index contributed by atoms with van der Waals surface area (Å²) >= 11 is 5.02. The van der Waals surface area contributed by atoms with E-state index < -0.39 is 0 Å². The summed E-state index contributed by atoms with van der Waals surface area (Å²) in [6, 6.07) is 3.97. The van der Waals surface area contributed by atoms with E-state index in [1.165, 1.54) is 0 Å². The third kappa shape index (κ3) is 4.55. The van der Waals surface area contributed by atoms with Gasteiger partial charge in [-0.15, -0.1) is 11.3 Å². The lowest BCUT2D eigenvalue weighted by Crippen LogP contribution is -2.47. The van der Waals surface area contributed by atoms with Crippen molar-refractivity contribution in [2.45, 2.75) is 19.3 Å². The van der Waals surface area contributed by atoms with Crippen molar-refractivity contribution in [1.82, 2.24) is 10.6 Å². The van der Waals surface area contributed by atoms with Gasteiger partial charge in [-0.3, -0.25) is 4.79 Å². The number of carbonyl (C=O) groups excluding carboxylic acids is 1. The predicted molar refractivity (Wildman–Crippen MR) is 85.1 cm³/mol. The number of ether oxygens (including phenoxy) is 1. The van der Waals surface area contributed by atoms with E-state index in [0.717, 1.165) is 34.6 Å². The van der Waals surface area contributed by atoms with Crippen molar-refractivity contribution < 1.29 is 9.53 Å². The zero-order chi connectivity index (χ0) is 14.4. The van der Waals surface area contributed by atoms with Gasteiger partial charge >= 0.3 is 0 Å². The molecule has 0 spiro atoms. The van der Waals surface area contributed by atoms with Crippen LogP contribution in [-0.4, -0.2) is 39.3 Å². The largest absolute Gasteiger partial charge is 0.384 e. The highest BCUT2D eigenvalue weighted by Gasteiger charge is 2.32. The van der Waals surface area contributed by atoms with Gasteiger partial charge in [-0.2, -0.15) is 0 Å². The minimum absolute atomic E-state index is 0.0890. The van der Waals surface area contributed by atoms with E-state index in [4.69, 9.17) is 4.74 Å². The molecular formula is C14H21BrN2O2S. The monoisotopic (exact) mass is 360 g/mol. The number of rotatable bonds is 6. The minimum atomic E-state index is 0.0890. The molecule has 1 aliphatic heterocycles. The van der Waals surface area contributed by atoms with Crippen molar-refractivity contribution in [3.63, 3.8) is 0 Å². The van der Waals surface area contributed by atoms with Gasteiger partial charge in [0.2, 0.25) is 5.91 Å². The first-order valence-electron chi connectivity index (χ1n) is 6.84. The smallest absolute Gasteiger partial charge is 0.225 e. The van der Waals surface area contributed by atoms with Crippen molar-refractivity contribution in [2.75, 3.05) is 33.4 Å². The van der Waals surface area contributed by atoms with E-state index in [1.54, 1.807) is 18.4 Å². The number of hydrogen-bond acceptors (Lipinski definition) is 4. The minimum Gasteiger partial charge on any atom is -0.384 e. The molecule has 1 aromatic rings. The third-order valence-electron chi connectivity index (χ3n) is 3.74. The average Bonchev–Trinajstić information content (AvgIpc) is 2.83. The van der Waals surface area contributed by atoms with Crippen LogP contribution in [-0.2, 0) is 16.0 Å². The van der Waals surface area contributed by atoms with E-state index in [1.807, 2.05) is 12.1 Å². The molecule has 112 valence electrons. The molecule has 0 radical (unpaired) electrons. The van der Waals surface area contributed by atoms with Crippen LogP contribution in [0, 0.1) is 5.41 Å². The summed E-state index contributed by atoms with van der Waals surface area (Å²) in [6.45, 7) is 3.40. The van der Waals surface area contributed by atoms with Crippen molar-refractivity contribution in [3.05, 3.63) is 20.8 Å². The summed E-state index contributed by atoms with van der Waals surface area (Å²) in [5, 5.41) is 6.44. The molecule has 0 aromatic carbocycles. The first-order chi connectivity index (χ1) is 9.63. The van der Waals surface area contributed by atoms with Gasteiger partial charge in [0.1, 0.15) is 0 Å². The second-order valence-corrected chi connectivity index (χ2v) is 7.89. The molecule has 0 bridgehead atoms. The van der Waals surface area contributed by atoms with Crippen LogP contribution < -0.4 is 10.6 Å². The fraction of sp³-hybridized carbons (Fsp3) is 0.643. The van der Waals surface area contributed by atoms with Crippen LogP contribution in [0.15, 0.2) is 15.9 Å². The standard InChI is InChI=1S/C14H21BrN2O2S/c1-19-10-14(4-6-16-7-5-14)9-17-13(18)8-11-2-3-12(15)20-11/h2-3,16H,4-10H2,1H3,(H,17,18). The van der Waals surface area contributed by atoms with Crippen LogP contribution in [0.5, 0.6) is 0 Å². The first-order valence-corrected chi connectivity index (χ1v) is 8.45. The molecule has 6 heteroatoms. The summed E-state index contributed by atoms with van der Waals surface area (Å²) < 4.78 is 6.42. The Morgan fingerprint density at radius 3 is 2.85 bits per heavy atom. The SMILES string of the molecule is COCC1(CNC(=O)Cc2ccc(Br)s2)CCNCC1. The zero-order valence-corrected chi connectivity index (χ0v) is 14.1. The number of methoxy groups -OCH3 is 1. The molecular weight excluding hydrogens is 340 g/mol. The normalized spacial score (nSPS) is 17.9. The number of halogens is 1. The topological polar surface area (TPSA) is 50.4 Å². The predicted octanol–water partition coefficient (Wildman–Crippen LogP) is 2.19. The maximum atomic E-state index is 12.0. The Morgan fingerprint density at radius 1 is 1.50 bits per heavy atom. The Bertz CT molecular complexity index is 439. The zero-order valence-electron chi connectivity index (χ0n) is 11.7. The van der Waals surface area contributed by atoms with Gasteiger partial charge in [-0.1, -0.05) is 0 Å². The fourth-order valence-electron chi connectivity index (χ4n) is 2.59. The Balaban J connectivity index is 1.84. The molecule has 4 nitrogen and oxygen atoms in total. The fourth-order valence-corrected chi connectivity index (χ4v) is 4.07. The number of nitrogens with one attached hydrogen (secondary N) is 2. The van der Waals surface area contributed by atoms with Gasteiger partial charge in [0.25, 0.3) is 0 Å². The van der Waals surface area contributed by atoms with Crippen molar-refractivity contribution in [1.29, 1.82) is 0 Å². The van der Waals surface area contributed by atoms with Crippen LogP contribution in [0.3, 0.4) is 0 Å². The van der Waals surface area contributed by atoms with Gasteiger partial charge < -0.3 is 15.4 Å². The van der Waals surface area contributed by atoms with E-state index in [2.05, 4.69) is 26.6 Å². The van der Waals surface area contributed by atoms with Gasteiger partial charge in [-0.05, 0) is 54.0 Å². The molecule has 1 fully saturated rings. The quantitative estimate of drug-likeness (QED) is 0.817. The number of carbonyl (C=O) groups is 1. The Hall–Kier alpha value is -0.430. The summed E-state index contributed by atoms with van der Waals surface area (Å²) in [7, 11) is 1.73. The van der Waals surface area contributed by atoms with Crippen LogP contribution in [0.1, 0.15) is 17.7 Å². The van der Waals surface area contributed by atoms with Gasteiger partial charge in [-0.25, -0.2) is 0 Å². The van der Waals surface area contributed by atoms with Crippen molar-refractivity contribution >= 4 is 33.2 Å². The molecule has 0 aliphatic carbocycles. The molecule has 0 atom stereocenters. The highest BCUT2D eigenvalue weighted by molar-refractivity contribution is 9.11. The number of thiophene rings is 1. The lowest BCUT2D eigenvalue weighted by Gasteiger charge is -2.37. The molecule has 1 amide bonds. The van der Waals surface area contributed by atoms with Crippen LogP contribution >= 0.6 is 27.3 Å². The lowest BCUT2D eigenvalue weighted by atomic mass is 9.79. The van der Waals surface area contributed by atoms with Crippen LogP contribution in [0.4, 0.5) is 0 Å². The number of amides is 1. The molecule has 0 unspecified atom stereocenters. The van der Waals surface area contributed by atoms with Crippen LogP contribution in [0.25, 0.3) is 0 Å². The van der Waals surface area contributed by atoms with Gasteiger partial charge in [0, 0.05) is 23.9 Å². The number of piperidine rings is 1. The summed E-state index contributed by atoms with van der Waals surface area (Å²) in [5.74, 6) is 0.0911. The van der Waals surface area contributed by atoms with Crippen molar-refractivity contribution in [2.24, 2.45) is 5.41 Å². The maximum Gasteiger partial charge on any atom is 0.225 e. The second kappa shape index (κ2) is 7.54. The summed E-state index contributed by atoms with van der Waals surface area (Å²) in [5.41, 5.74) is 0.0890. The Morgan fingerprint density at radius 2 is 2.25 bits per heavy atom. The third-order valence-corrected chi connectivity index (χ3v) is 5.36. The van der Waals surface area contributed by atoms with E-state index in [9.17, 15) is 4.79 Å². The Kier molecular flexibility index (Phi) is 6.01. The highest BCUT2D eigenvalue weighted by Crippen LogP contribution is 2.28. The van der Waals surface area contributed by atoms with Crippen LogP contribution in [0.2, 0.25) is 0 Å². The second-order valence-electron chi connectivity index (χ2n) is 5.34. The Labute approximate surface area is 132 Å². The molecule has 2 heterocycles. The molecule has 1 aromatic heterocycles.